The van der Waals surface area contributed by atoms with Gasteiger partial charge in [-0.3, -0.25) is 9.59 Å². The molecule has 0 bridgehead atoms. The number of para-hydroxylation sites is 1. The number of ether oxygens (including phenoxy) is 2. The van der Waals surface area contributed by atoms with E-state index in [0.29, 0.717) is 11.3 Å². The summed E-state index contributed by atoms with van der Waals surface area (Å²) in [5, 5.41) is 5.45. The van der Waals surface area contributed by atoms with Crippen molar-refractivity contribution < 1.29 is 27.5 Å². The van der Waals surface area contributed by atoms with Gasteiger partial charge < -0.3 is 20.1 Å². The van der Waals surface area contributed by atoms with Gasteiger partial charge in [-0.15, -0.1) is 0 Å². The fourth-order valence-electron chi connectivity index (χ4n) is 3.07. The second kappa shape index (κ2) is 11.2. The van der Waals surface area contributed by atoms with Crippen LogP contribution in [-0.4, -0.2) is 58.4 Å². The van der Waals surface area contributed by atoms with Crippen molar-refractivity contribution in [2.45, 2.75) is 31.7 Å². The van der Waals surface area contributed by atoms with Gasteiger partial charge in [-0.25, -0.2) is 12.7 Å². The van der Waals surface area contributed by atoms with Gasteiger partial charge in [0.2, 0.25) is 15.9 Å². The lowest BCUT2D eigenvalue weighted by Crippen LogP contribution is -2.47. The first-order chi connectivity index (χ1) is 15.5. The van der Waals surface area contributed by atoms with Crippen LogP contribution in [0.3, 0.4) is 0 Å². The average molecular weight is 478 g/mol. The Hall–Kier alpha value is -3.11. The summed E-state index contributed by atoms with van der Waals surface area (Å²) in [6.45, 7) is 5.63. The van der Waals surface area contributed by atoms with Crippen LogP contribution in [0.25, 0.3) is 0 Å². The van der Waals surface area contributed by atoms with Crippen LogP contribution in [0.15, 0.2) is 47.4 Å². The summed E-state index contributed by atoms with van der Waals surface area (Å²) in [4.78, 5) is 25.8. The van der Waals surface area contributed by atoms with Crippen LogP contribution in [-0.2, 0) is 14.8 Å². The van der Waals surface area contributed by atoms with Crippen molar-refractivity contribution in [3.63, 3.8) is 0 Å². The maximum Gasteiger partial charge on any atom is 0.255 e. The predicted molar refractivity (Wildman–Crippen MR) is 126 cm³/mol. The van der Waals surface area contributed by atoms with Gasteiger partial charge in [0, 0.05) is 19.8 Å². The Kier molecular flexibility index (Phi) is 8.84. The molecule has 2 aromatic rings. The van der Waals surface area contributed by atoms with Gasteiger partial charge in [0.1, 0.15) is 22.4 Å². The fraction of sp³-hybridized carbons (Fsp3) is 0.391. The standard InChI is InChI=1S/C23H31N3O6S/c1-7-32-19-13-12-16(14-20(19)33(29,30)26(4)5)24-23(28)21(15(2)3)25-22(27)17-10-8-9-11-18(17)31-6/h8-15,21H,7H2,1-6H3,(H,24,28)(H,25,27)/t21-/m0/s1. The molecule has 0 saturated heterocycles. The summed E-state index contributed by atoms with van der Waals surface area (Å²) in [5.41, 5.74) is 0.569. The van der Waals surface area contributed by atoms with E-state index in [0.717, 1.165) is 4.31 Å². The highest BCUT2D eigenvalue weighted by molar-refractivity contribution is 7.89. The van der Waals surface area contributed by atoms with Gasteiger partial charge >= 0.3 is 0 Å². The Bertz CT molecular complexity index is 1100. The van der Waals surface area contributed by atoms with Gasteiger partial charge in [0.05, 0.1) is 19.3 Å². The molecule has 0 aliphatic heterocycles. The molecule has 1 atom stereocenters. The molecule has 180 valence electrons. The van der Waals surface area contributed by atoms with E-state index >= 15 is 0 Å². The minimum absolute atomic E-state index is 0.0636. The highest BCUT2D eigenvalue weighted by Crippen LogP contribution is 2.29. The van der Waals surface area contributed by atoms with Crippen LogP contribution in [0.5, 0.6) is 11.5 Å². The van der Waals surface area contributed by atoms with E-state index in [2.05, 4.69) is 10.6 Å². The van der Waals surface area contributed by atoms with Gasteiger partial charge in [-0.2, -0.15) is 0 Å². The topological polar surface area (TPSA) is 114 Å². The highest BCUT2D eigenvalue weighted by atomic mass is 32.2. The van der Waals surface area contributed by atoms with Crippen LogP contribution >= 0.6 is 0 Å². The number of sulfonamides is 1. The fourth-order valence-corrected chi connectivity index (χ4v) is 4.12. The van der Waals surface area contributed by atoms with Crippen molar-refractivity contribution in [3.8, 4) is 11.5 Å². The number of nitrogens with one attached hydrogen (secondary N) is 2. The SMILES string of the molecule is CCOc1ccc(NC(=O)[C@@H](NC(=O)c2ccccc2OC)C(C)C)cc1S(=O)(=O)N(C)C. The zero-order chi connectivity index (χ0) is 24.8. The molecule has 0 unspecified atom stereocenters. The molecule has 0 spiro atoms. The van der Waals surface area contributed by atoms with Crippen molar-refractivity contribution in [1.29, 1.82) is 0 Å². The van der Waals surface area contributed by atoms with Crippen molar-refractivity contribution >= 4 is 27.5 Å². The predicted octanol–water partition coefficient (Wildman–Crippen LogP) is 2.74. The quantitative estimate of drug-likeness (QED) is 0.544. The summed E-state index contributed by atoms with van der Waals surface area (Å²) < 4.78 is 37.2. The molecule has 0 aromatic heterocycles. The Morgan fingerprint density at radius 1 is 1.06 bits per heavy atom. The maximum atomic E-state index is 13.0. The second-order valence-corrected chi connectivity index (χ2v) is 9.89. The van der Waals surface area contributed by atoms with Crippen LogP contribution in [0, 0.1) is 5.92 Å². The van der Waals surface area contributed by atoms with Gasteiger partial charge in [0.25, 0.3) is 5.91 Å². The van der Waals surface area contributed by atoms with E-state index < -0.39 is 27.9 Å². The number of hydrogen-bond donors (Lipinski definition) is 2. The molecular formula is C23H31N3O6S. The van der Waals surface area contributed by atoms with E-state index in [9.17, 15) is 18.0 Å². The molecule has 9 nitrogen and oxygen atoms in total. The first kappa shape index (κ1) is 26.1. The number of carbonyl (C=O) groups is 2. The molecule has 0 aliphatic rings. The number of amides is 2. The van der Waals surface area contributed by atoms with Crippen molar-refractivity contribution in [2.24, 2.45) is 5.92 Å². The molecule has 2 rings (SSSR count). The zero-order valence-electron chi connectivity index (χ0n) is 19.7. The number of rotatable bonds is 10. The Morgan fingerprint density at radius 2 is 1.73 bits per heavy atom. The maximum absolute atomic E-state index is 13.0. The van der Waals surface area contributed by atoms with E-state index in [1.165, 1.54) is 33.3 Å². The van der Waals surface area contributed by atoms with E-state index in [-0.39, 0.29) is 28.9 Å². The van der Waals surface area contributed by atoms with E-state index in [4.69, 9.17) is 9.47 Å². The minimum atomic E-state index is -3.81. The Labute approximate surface area is 195 Å². The first-order valence-corrected chi connectivity index (χ1v) is 11.9. The third-order valence-corrected chi connectivity index (χ3v) is 6.69. The Morgan fingerprint density at radius 3 is 2.30 bits per heavy atom. The largest absolute Gasteiger partial charge is 0.496 e. The smallest absolute Gasteiger partial charge is 0.255 e. The summed E-state index contributed by atoms with van der Waals surface area (Å²) >= 11 is 0. The molecule has 10 heteroatoms. The molecule has 0 fully saturated rings. The molecule has 2 aromatic carbocycles. The monoisotopic (exact) mass is 477 g/mol. The van der Waals surface area contributed by atoms with Gasteiger partial charge in [0.15, 0.2) is 0 Å². The number of carbonyl (C=O) groups excluding carboxylic acids is 2. The lowest BCUT2D eigenvalue weighted by atomic mass is 10.0. The van der Waals surface area contributed by atoms with Gasteiger partial charge in [-0.1, -0.05) is 26.0 Å². The van der Waals surface area contributed by atoms with Crippen LogP contribution in [0.1, 0.15) is 31.1 Å². The highest BCUT2D eigenvalue weighted by Gasteiger charge is 2.27. The summed E-state index contributed by atoms with van der Waals surface area (Å²) in [5.74, 6) is -0.595. The lowest BCUT2D eigenvalue weighted by molar-refractivity contribution is -0.118. The molecule has 2 N–H and O–H groups in total. The summed E-state index contributed by atoms with van der Waals surface area (Å²) in [7, 11) is 0.479. The first-order valence-electron chi connectivity index (χ1n) is 10.5. The molecule has 33 heavy (non-hydrogen) atoms. The van der Waals surface area contributed by atoms with E-state index in [1.54, 1.807) is 51.1 Å². The zero-order valence-corrected chi connectivity index (χ0v) is 20.5. The van der Waals surface area contributed by atoms with Crippen molar-refractivity contribution in [1.82, 2.24) is 9.62 Å². The van der Waals surface area contributed by atoms with Gasteiger partial charge in [-0.05, 0) is 43.2 Å². The Balaban J connectivity index is 2.31. The lowest BCUT2D eigenvalue weighted by Gasteiger charge is -2.23. The molecule has 0 heterocycles. The number of nitrogens with zero attached hydrogens (tertiary/aromatic N) is 1. The minimum Gasteiger partial charge on any atom is -0.496 e. The molecule has 0 aliphatic carbocycles. The number of anilines is 1. The number of hydrogen-bond acceptors (Lipinski definition) is 6. The van der Waals surface area contributed by atoms with Crippen molar-refractivity contribution in [2.75, 3.05) is 33.1 Å². The molecule has 0 radical (unpaired) electrons. The van der Waals surface area contributed by atoms with Crippen LogP contribution < -0.4 is 20.1 Å². The third kappa shape index (κ3) is 6.23. The third-order valence-electron chi connectivity index (χ3n) is 4.86. The van der Waals surface area contributed by atoms with Crippen LogP contribution in [0.4, 0.5) is 5.69 Å². The van der Waals surface area contributed by atoms with Crippen LogP contribution in [0.2, 0.25) is 0 Å². The summed E-state index contributed by atoms with van der Waals surface area (Å²) in [6.07, 6.45) is 0. The van der Waals surface area contributed by atoms with E-state index in [1.807, 2.05) is 0 Å². The van der Waals surface area contributed by atoms with Crippen molar-refractivity contribution in [3.05, 3.63) is 48.0 Å². The molecular weight excluding hydrogens is 446 g/mol. The molecule has 0 saturated carbocycles. The molecule has 2 amide bonds. The normalized spacial score (nSPS) is 12.4. The number of benzene rings is 2. The second-order valence-electron chi connectivity index (χ2n) is 7.77. The number of methoxy groups -OCH3 is 1. The summed E-state index contributed by atoms with van der Waals surface area (Å²) in [6, 6.07) is 10.2. The average Bonchev–Trinajstić information content (AvgIpc) is 2.77.